The van der Waals surface area contributed by atoms with Crippen molar-refractivity contribution in [2.45, 2.75) is 27.7 Å². The number of nitriles is 1. The molecule has 0 atom stereocenters. The third-order valence-electron chi connectivity index (χ3n) is 3.85. The Morgan fingerprint density at radius 2 is 1.25 bits per heavy atom. The highest BCUT2D eigenvalue weighted by molar-refractivity contribution is 5.90. The summed E-state index contributed by atoms with van der Waals surface area (Å²) in [5.74, 6) is 2.66. The Hall–Kier alpha value is -3.13. The zero-order chi connectivity index (χ0) is 20.4. The molecule has 0 spiro atoms. The lowest BCUT2D eigenvalue weighted by Gasteiger charge is -2.13. The van der Waals surface area contributed by atoms with E-state index in [9.17, 15) is 5.26 Å². The van der Waals surface area contributed by atoms with Gasteiger partial charge < -0.3 is 18.9 Å². The minimum absolute atomic E-state index is 0.520. The fraction of sp³-hybridized carbons (Fsp3) is 0.348. The average molecular weight is 381 g/mol. The van der Waals surface area contributed by atoms with Gasteiger partial charge in [0, 0.05) is 0 Å². The zero-order valence-electron chi connectivity index (χ0n) is 17.0. The molecule has 2 aromatic carbocycles. The Labute approximate surface area is 167 Å². The van der Waals surface area contributed by atoms with Crippen LogP contribution in [0, 0.1) is 11.3 Å². The van der Waals surface area contributed by atoms with Crippen LogP contribution in [0.2, 0.25) is 0 Å². The molecule has 5 heteroatoms. The van der Waals surface area contributed by atoms with Gasteiger partial charge in [0.05, 0.1) is 38.1 Å². The van der Waals surface area contributed by atoms with E-state index in [2.05, 4.69) is 6.07 Å². The molecule has 0 aliphatic rings. The van der Waals surface area contributed by atoms with E-state index >= 15 is 0 Å². The minimum Gasteiger partial charge on any atom is -0.490 e. The van der Waals surface area contributed by atoms with Crippen LogP contribution in [0.3, 0.4) is 0 Å². The number of hydrogen-bond donors (Lipinski definition) is 0. The first kappa shape index (κ1) is 21.2. The van der Waals surface area contributed by atoms with Crippen LogP contribution >= 0.6 is 0 Å². The molecule has 0 radical (unpaired) electrons. The molecule has 0 fully saturated rings. The molecule has 0 aliphatic heterocycles. The summed E-state index contributed by atoms with van der Waals surface area (Å²) in [6, 6.07) is 13.4. The van der Waals surface area contributed by atoms with Crippen LogP contribution in [0.15, 0.2) is 36.4 Å². The first-order valence-corrected chi connectivity index (χ1v) is 9.58. The molecule has 0 heterocycles. The molecule has 0 aromatic heterocycles. The molecule has 0 saturated carbocycles. The largest absolute Gasteiger partial charge is 0.490 e. The second-order valence-corrected chi connectivity index (χ2v) is 5.77. The maximum atomic E-state index is 9.70. The number of benzene rings is 2. The molecule has 0 aliphatic carbocycles. The van der Waals surface area contributed by atoms with Crippen molar-refractivity contribution in [3.8, 4) is 29.1 Å². The molecular weight excluding hydrogens is 354 g/mol. The Kier molecular flexibility index (Phi) is 8.23. The number of ether oxygens (including phenoxy) is 4. The molecular formula is C23H27NO4. The molecule has 2 aromatic rings. The topological polar surface area (TPSA) is 60.7 Å². The summed E-state index contributed by atoms with van der Waals surface area (Å²) in [4.78, 5) is 0. The highest BCUT2D eigenvalue weighted by Gasteiger charge is 2.11. The fourth-order valence-electron chi connectivity index (χ4n) is 2.72. The standard InChI is InChI=1S/C23H27NO4/c1-5-25-20-11-9-17(14-22(20)27-7-3)13-19(16-24)18-10-12-21(26-6-2)23(15-18)28-8-4/h9-15H,5-8H2,1-4H3. The molecule has 5 nitrogen and oxygen atoms in total. The zero-order valence-corrected chi connectivity index (χ0v) is 17.0. The van der Waals surface area contributed by atoms with Gasteiger partial charge >= 0.3 is 0 Å². The Balaban J connectivity index is 2.41. The molecule has 2 rings (SSSR count). The molecule has 0 amide bonds. The monoisotopic (exact) mass is 381 g/mol. The summed E-state index contributed by atoms with van der Waals surface area (Å²) < 4.78 is 22.5. The first-order valence-electron chi connectivity index (χ1n) is 9.58. The van der Waals surface area contributed by atoms with Gasteiger partial charge in [-0.15, -0.1) is 0 Å². The molecule has 148 valence electrons. The fourth-order valence-corrected chi connectivity index (χ4v) is 2.72. The predicted molar refractivity (Wildman–Crippen MR) is 111 cm³/mol. The highest BCUT2D eigenvalue weighted by atomic mass is 16.5. The van der Waals surface area contributed by atoms with Crippen LogP contribution in [0.5, 0.6) is 23.0 Å². The third kappa shape index (κ3) is 5.43. The molecule has 0 saturated heterocycles. The van der Waals surface area contributed by atoms with E-state index in [0.717, 1.165) is 11.1 Å². The highest BCUT2D eigenvalue weighted by Crippen LogP contribution is 2.33. The van der Waals surface area contributed by atoms with Crippen molar-refractivity contribution < 1.29 is 18.9 Å². The number of nitrogens with zero attached hydrogens (tertiary/aromatic N) is 1. The van der Waals surface area contributed by atoms with Gasteiger partial charge in [-0.1, -0.05) is 6.07 Å². The van der Waals surface area contributed by atoms with Crippen molar-refractivity contribution >= 4 is 11.6 Å². The summed E-state index contributed by atoms with van der Waals surface area (Å²) in [6.45, 7) is 9.86. The lowest BCUT2D eigenvalue weighted by atomic mass is 10.0. The van der Waals surface area contributed by atoms with Crippen LogP contribution in [0.4, 0.5) is 0 Å². The van der Waals surface area contributed by atoms with Crippen LogP contribution in [0.25, 0.3) is 11.6 Å². The van der Waals surface area contributed by atoms with Gasteiger partial charge in [-0.2, -0.15) is 5.26 Å². The van der Waals surface area contributed by atoms with Gasteiger partial charge in [-0.05, 0) is 75.2 Å². The summed E-state index contributed by atoms with van der Waals surface area (Å²) in [7, 11) is 0. The van der Waals surface area contributed by atoms with Gasteiger partial charge in [0.15, 0.2) is 23.0 Å². The normalized spacial score (nSPS) is 10.9. The van der Waals surface area contributed by atoms with Crippen molar-refractivity contribution in [3.63, 3.8) is 0 Å². The van der Waals surface area contributed by atoms with Crippen molar-refractivity contribution in [2.75, 3.05) is 26.4 Å². The summed E-state index contributed by atoms with van der Waals surface area (Å²) in [5.41, 5.74) is 2.15. The van der Waals surface area contributed by atoms with Crippen LogP contribution < -0.4 is 18.9 Å². The van der Waals surface area contributed by atoms with Crippen molar-refractivity contribution in [1.82, 2.24) is 0 Å². The van der Waals surface area contributed by atoms with E-state index in [1.54, 1.807) is 0 Å². The van der Waals surface area contributed by atoms with E-state index < -0.39 is 0 Å². The Morgan fingerprint density at radius 3 is 1.79 bits per heavy atom. The third-order valence-corrected chi connectivity index (χ3v) is 3.85. The maximum absolute atomic E-state index is 9.70. The summed E-state index contributed by atoms with van der Waals surface area (Å²) in [6.07, 6.45) is 1.82. The quantitative estimate of drug-likeness (QED) is 0.410. The molecule has 0 unspecified atom stereocenters. The number of rotatable bonds is 10. The van der Waals surface area contributed by atoms with Crippen LogP contribution in [-0.4, -0.2) is 26.4 Å². The maximum Gasteiger partial charge on any atom is 0.161 e. The lowest BCUT2D eigenvalue weighted by molar-refractivity contribution is 0.287. The average Bonchev–Trinajstić information content (AvgIpc) is 2.70. The van der Waals surface area contributed by atoms with Gasteiger partial charge in [0.25, 0.3) is 0 Å². The molecule has 0 bridgehead atoms. The van der Waals surface area contributed by atoms with E-state index in [1.807, 2.05) is 70.2 Å². The van der Waals surface area contributed by atoms with E-state index in [0.29, 0.717) is 55.0 Å². The van der Waals surface area contributed by atoms with Gasteiger partial charge in [0.2, 0.25) is 0 Å². The van der Waals surface area contributed by atoms with E-state index in [-0.39, 0.29) is 0 Å². The van der Waals surface area contributed by atoms with Gasteiger partial charge in [0.1, 0.15) is 0 Å². The predicted octanol–water partition coefficient (Wildman–Crippen LogP) is 5.35. The minimum atomic E-state index is 0.520. The molecule has 0 N–H and O–H groups in total. The SMILES string of the molecule is CCOc1ccc(C=C(C#N)c2ccc(OCC)c(OCC)c2)cc1OCC. The number of allylic oxidation sites excluding steroid dienone is 1. The Morgan fingerprint density at radius 1 is 0.750 bits per heavy atom. The number of hydrogen-bond acceptors (Lipinski definition) is 5. The second-order valence-electron chi connectivity index (χ2n) is 5.77. The van der Waals surface area contributed by atoms with Gasteiger partial charge in [-0.25, -0.2) is 0 Å². The van der Waals surface area contributed by atoms with Crippen molar-refractivity contribution in [1.29, 1.82) is 5.26 Å². The Bertz CT molecular complexity index is 852. The van der Waals surface area contributed by atoms with Crippen molar-refractivity contribution in [2.24, 2.45) is 0 Å². The van der Waals surface area contributed by atoms with E-state index in [4.69, 9.17) is 18.9 Å². The van der Waals surface area contributed by atoms with Gasteiger partial charge in [-0.3, -0.25) is 0 Å². The molecule has 28 heavy (non-hydrogen) atoms. The van der Waals surface area contributed by atoms with Crippen LogP contribution in [0.1, 0.15) is 38.8 Å². The smallest absolute Gasteiger partial charge is 0.161 e. The van der Waals surface area contributed by atoms with E-state index in [1.165, 1.54) is 0 Å². The summed E-state index contributed by atoms with van der Waals surface area (Å²) >= 11 is 0. The lowest BCUT2D eigenvalue weighted by Crippen LogP contribution is -1.99. The second kappa shape index (κ2) is 10.9. The first-order chi connectivity index (χ1) is 13.7. The summed E-state index contributed by atoms with van der Waals surface area (Å²) in [5, 5.41) is 9.70. The van der Waals surface area contributed by atoms with Crippen molar-refractivity contribution in [3.05, 3.63) is 47.5 Å². The van der Waals surface area contributed by atoms with Crippen LogP contribution in [-0.2, 0) is 0 Å².